The summed E-state index contributed by atoms with van der Waals surface area (Å²) in [7, 11) is 1.92. The minimum atomic E-state index is -0.954. The van der Waals surface area contributed by atoms with Crippen LogP contribution in [0.1, 0.15) is 47.9 Å². The van der Waals surface area contributed by atoms with Crippen LogP contribution in [-0.2, 0) is 20.0 Å². The summed E-state index contributed by atoms with van der Waals surface area (Å²) in [4.78, 5) is 20.5. The third kappa shape index (κ3) is 5.14. The van der Waals surface area contributed by atoms with Gasteiger partial charge in [0, 0.05) is 35.0 Å². The number of pyridine rings is 1. The molecule has 0 aliphatic heterocycles. The van der Waals surface area contributed by atoms with Crippen molar-refractivity contribution < 1.29 is 9.90 Å². The lowest BCUT2D eigenvalue weighted by atomic mass is 10.0. The van der Waals surface area contributed by atoms with Crippen LogP contribution in [0.2, 0.25) is 0 Å². The Hall–Kier alpha value is -3.20. The number of aromatic carboxylic acids is 1. The van der Waals surface area contributed by atoms with Gasteiger partial charge in [-0.05, 0) is 62.4 Å². The molecule has 0 radical (unpaired) electrons. The molecule has 0 spiro atoms. The quantitative estimate of drug-likeness (QED) is 0.290. The number of hydrogen-bond donors (Lipinski definition) is 2. The summed E-state index contributed by atoms with van der Waals surface area (Å²) in [5.74, 6) is 0.0389. The highest BCUT2D eigenvalue weighted by molar-refractivity contribution is 9.10. The first-order chi connectivity index (χ1) is 16.2. The molecule has 0 aliphatic carbocycles. The van der Waals surface area contributed by atoms with Crippen molar-refractivity contribution in [3.63, 3.8) is 0 Å². The van der Waals surface area contributed by atoms with Crippen molar-refractivity contribution >= 4 is 38.9 Å². The first-order valence-corrected chi connectivity index (χ1v) is 12.2. The second-order valence-electron chi connectivity index (χ2n) is 8.88. The predicted molar refractivity (Wildman–Crippen MR) is 137 cm³/mol. The lowest BCUT2D eigenvalue weighted by Gasteiger charge is -2.14. The lowest BCUT2D eigenvalue weighted by molar-refractivity contribution is 0.0696. The van der Waals surface area contributed by atoms with Crippen LogP contribution < -0.4 is 5.73 Å². The molecule has 0 unspecified atom stereocenters. The number of aromatic nitrogens is 5. The number of unbranched alkanes of at least 4 members (excludes halogenated alkanes) is 1. The number of nitrogens with zero attached hydrogens (tertiary/aromatic N) is 5. The maximum atomic E-state index is 11.5. The number of carboxylic acid groups (broad SMARTS) is 1. The fourth-order valence-corrected chi connectivity index (χ4v) is 4.75. The Kier molecular flexibility index (Phi) is 7.02. The van der Waals surface area contributed by atoms with Crippen LogP contribution in [0.15, 0.2) is 41.0 Å². The molecule has 1 aromatic carbocycles. The van der Waals surface area contributed by atoms with E-state index in [-0.39, 0.29) is 5.56 Å². The number of fused-ring (bicyclic) bond motifs is 1. The summed E-state index contributed by atoms with van der Waals surface area (Å²) in [5.41, 5.74) is 11.7. The van der Waals surface area contributed by atoms with E-state index in [4.69, 9.17) is 5.73 Å². The molecule has 8 nitrogen and oxygen atoms in total. The zero-order valence-corrected chi connectivity index (χ0v) is 21.2. The number of anilines is 1. The van der Waals surface area contributed by atoms with Crippen LogP contribution in [0.5, 0.6) is 0 Å². The maximum absolute atomic E-state index is 11.5. The normalized spacial score (nSPS) is 12.4. The summed E-state index contributed by atoms with van der Waals surface area (Å²) in [6.07, 6.45) is 5.74. The van der Waals surface area contributed by atoms with Gasteiger partial charge in [0.05, 0.1) is 28.5 Å². The number of halogens is 1. The number of imidazole rings is 1. The number of rotatable bonds is 9. The predicted octanol–water partition coefficient (Wildman–Crippen LogP) is 5.23. The molecule has 4 rings (SSSR count). The van der Waals surface area contributed by atoms with Crippen LogP contribution in [0, 0.1) is 12.8 Å². The zero-order valence-electron chi connectivity index (χ0n) is 19.6. The number of nitrogens with two attached hydrogens (primary N) is 1. The Bertz CT molecular complexity index is 1340. The highest BCUT2D eigenvalue weighted by Crippen LogP contribution is 2.27. The summed E-state index contributed by atoms with van der Waals surface area (Å²) in [6, 6.07) is 9.22. The molecular formula is C25H29BrN6O2. The van der Waals surface area contributed by atoms with Gasteiger partial charge in [-0.25, -0.2) is 9.78 Å². The van der Waals surface area contributed by atoms with Crippen LogP contribution >= 0.6 is 15.9 Å². The molecule has 34 heavy (non-hydrogen) atoms. The molecule has 0 amide bonds. The van der Waals surface area contributed by atoms with Gasteiger partial charge in [-0.3, -0.25) is 9.67 Å². The molecule has 3 heterocycles. The molecule has 0 bridgehead atoms. The van der Waals surface area contributed by atoms with Gasteiger partial charge in [-0.1, -0.05) is 29.3 Å². The molecule has 9 heteroatoms. The van der Waals surface area contributed by atoms with Gasteiger partial charge in [-0.15, -0.1) is 0 Å². The summed E-state index contributed by atoms with van der Waals surface area (Å²) in [6.45, 7) is 4.87. The molecule has 0 saturated heterocycles. The van der Waals surface area contributed by atoms with Crippen molar-refractivity contribution in [1.29, 1.82) is 0 Å². The van der Waals surface area contributed by atoms with Gasteiger partial charge in [0.2, 0.25) is 5.95 Å². The van der Waals surface area contributed by atoms with Crippen molar-refractivity contribution in [1.82, 2.24) is 24.3 Å². The molecular weight excluding hydrogens is 496 g/mol. The first-order valence-electron chi connectivity index (χ1n) is 11.4. The number of benzene rings is 1. The molecule has 0 fully saturated rings. The summed E-state index contributed by atoms with van der Waals surface area (Å²) < 4.78 is 4.96. The van der Waals surface area contributed by atoms with Gasteiger partial charge >= 0.3 is 5.97 Å². The van der Waals surface area contributed by atoms with E-state index in [1.54, 1.807) is 18.3 Å². The van der Waals surface area contributed by atoms with E-state index in [0.29, 0.717) is 23.3 Å². The van der Waals surface area contributed by atoms with E-state index in [0.717, 1.165) is 59.0 Å². The SMILES string of the molecule is Cc1cc(C(=O)O)cc(-c2cnn(C)c2CCCC[C@@H](C)Cn2c(N)nc3ccc(Br)cc32)n1. The summed E-state index contributed by atoms with van der Waals surface area (Å²) in [5, 5.41) is 13.8. The second-order valence-corrected chi connectivity index (χ2v) is 9.80. The van der Waals surface area contributed by atoms with Gasteiger partial charge in [-0.2, -0.15) is 5.10 Å². The number of hydrogen-bond acceptors (Lipinski definition) is 5. The Balaban J connectivity index is 1.39. The highest BCUT2D eigenvalue weighted by Gasteiger charge is 2.16. The van der Waals surface area contributed by atoms with Crippen molar-refractivity contribution in [2.75, 3.05) is 5.73 Å². The standard InChI is InChI=1S/C25H29BrN6O2/c1-15(14-32-23-12-18(26)8-9-20(23)30-25(32)27)6-4-5-7-22-19(13-28-31(22)3)21-11-17(24(33)34)10-16(2)29-21/h8-13,15H,4-7,14H2,1-3H3,(H2,27,30)(H,33,34)/t15-/m1/s1. The van der Waals surface area contributed by atoms with Gasteiger partial charge in [0.15, 0.2) is 0 Å². The lowest BCUT2D eigenvalue weighted by Crippen LogP contribution is -2.10. The number of carboxylic acids is 1. The van der Waals surface area contributed by atoms with Crippen LogP contribution in [0.25, 0.3) is 22.3 Å². The van der Waals surface area contributed by atoms with E-state index in [1.807, 2.05) is 30.8 Å². The van der Waals surface area contributed by atoms with Crippen molar-refractivity contribution in [2.45, 2.75) is 46.1 Å². The Morgan fingerprint density at radius 2 is 2.00 bits per heavy atom. The third-order valence-corrected chi connectivity index (χ3v) is 6.63. The van der Waals surface area contributed by atoms with E-state index in [9.17, 15) is 9.90 Å². The zero-order chi connectivity index (χ0) is 24.4. The van der Waals surface area contributed by atoms with Crippen molar-refractivity contribution in [3.8, 4) is 11.3 Å². The minimum absolute atomic E-state index is 0.240. The van der Waals surface area contributed by atoms with E-state index in [2.05, 4.69) is 48.6 Å². The topological polar surface area (TPSA) is 112 Å². The van der Waals surface area contributed by atoms with E-state index in [1.165, 1.54) is 0 Å². The van der Waals surface area contributed by atoms with Crippen LogP contribution in [0.4, 0.5) is 5.95 Å². The van der Waals surface area contributed by atoms with Crippen molar-refractivity contribution in [3.05, 3.63) is 58.0 Å². The fourth-order valence-electron chi connectivity index (χ4n) is 4.40. The van der Waals surface area contributed by atoms with Crippen LogP contribution in [-0.4, -0.2) is 35.4 Å². The maximum Gasteiger partial charge on any atom is 0.335 e. The Morgan fingerprint density at radius 3 is 2.76 bits per heavy atom. The highest BCUT2D eigenvalue weighted by atomic mass is 79.9. The Labute approximate surface area is 207 Å². The fraction of sp³-hybridized carbons (Fsp3) is 0.360. The average molecular weight is 525 g/mol. The van der Waals surface area contributed by atoms with Crippen LogP contribution in [0.3, 0.4) is 0 Å². The third-order valence-electron chi connectivity index (χ3n) is 6.13. The molecule has 3 N–H and O–H groups in total. The second kappa shape index (κ2) is 9.97. The first kappa shape index (κ1) is 23.9. The monoisotopic (exact) mass is 524 g/mol. The molecule has 0 saturated carbocycles. The largest absolute Gasteiger partial charge is 0.478 e. The van der Waals surface area contributed by atoms with Gasteiger partial charge in [0.25, 0.3) is 0 Å². The minimum Gasteiger partial charge on any atom is -0.478 e. The van der Waals surface area contributed by atoms with Gasteiger partial charge in [0.1, 0.15) is 0 Å². The van der Waals surface area contributed by atoms with Gasteiger partial charge < -0.3 is 15.4 Å². The number of nitrogen functional groups attached to an aromatic ring is 1. The number of aryl methyl sites for hydroxylation is 2. The Morgan fingerprint density at radius 1 is 1.21 bits per heavy atom. The van der Waals surface area contributed by atoms with Crippen molar-refractivity contribution in [2.24, 2.45) is 13.0 Å². The van der Waals surface area contributed by atoms with E-state index >= 15 is 0 Å². The molecule has 1 atom stereocenters. The smallest absolute Gasteiger partial charge is 0.335 e. The molecule has 3 aromatic heterocycles. The molecule has 178 valence electrons. The molecule has 0 aliphatic rings. The average Bonchev–Trinajstić information content (AvgIpc) is 3.30. The number of carbonyl (C=O) groups is 1. The van der Waals surface area contributed by atoms with E-state index < -0.39 is 5.97 Å². The molecule has 4 aromatic rings. The summed E-state index contributed by atoms with van der Waals surface area (Å²) >= 11 is 3.53.